The Morgan fingerprint density at radius 3 is 2.29 bits per heavy atom. The number of methoxy groups -OCH3 is 1. The Balaban J connectivity index is 2.80. The van der Waals surface area contributed by atoms with Crippen LogP contribution in [0.25, 0.3) is 0 Å². The fourth-order valence-electron chi connectivity index (χ4n) is 3.05. The van der Waals surface area contributed by atoms with E-state index in [2.05, 4.69) is 10.6 Å². The fourth-order valence-corrected chi connectivity index (χ4v) is 3.05. The van der Waals surface area contributed by atoms with Crippen LogP contribution in [-0.2, 0) is 19.1 Å². The summed E-state index contributed by atoms with van der Waals surface area (Å²) < 4.78 is 4.74. The summed E-state index contributed by atoms with van der Waals surface area (Å²) in [6.45, 7) is 3.48. The highest BCUT2D eigenvalue weighted by molar-refractivity contribution is 5.88. The first-order chi connectivity index (χ1) is 11.4. The van der Waals surface area contributed by atoms with E-state index in [0.29, 0.717) is 0 Å². The van der Waals surface area contributed by atoms with Crippen molar-refractivity contribution in [2.45, 2.75) is 58.0 Å². The zero-order valence-electron chi connectivity index (χ0n) is 14.6. The van der Waals surface area contributed by atoms with Crippen molar-refractivity contribution in [3.05, 3.63) is 0 Å². The van der Waals surface area contributed by atoms with E-state index in [0.717, 1.165) is 32.1 Å². The van der Waals surface area contributed by atoms with E-state index in [-0.39, 0.29) is 24.3 Å². The van der Waals surface area contributed by atoms with E-state index in [1.54, 1.807) is 5.48 Å². The molecule has 2 unspecified atom stereocenters. The van der Waals surface area contributed by atoms with Crippen LogP contribution < -0.4 is 16.1 Å². The lowest BCUT2D eigenvalue weighted by molar-refractivity contribution is -0.147. The first kappa shape index (κ1) is 20.4. The zero-order chi connectivity index (χ0) is 18.1. The van der Waals surface area contributed by atoms with Crippen LogP contribution in [0.3, 0.4) is 0 Å². The number of ether oxygens (including phenoxy) is 1. The van der Waals surface area contributed by atoms with Crippen molar-refractivity contribution in [2.24, 2.45) is 11.8 Å². The summed E-state index contributed by atoms with van der Waals surface area (Å²) in [5.41, 5.74) is 1.54. The molecule has 8 heteroatoms. The summed E-state index contributed by atoms with van der Waals surface area (Å²) in [7, 11) is 1.28. The fraction of sp³-hybridized carbons (Fsp3) is 0.812. The molecule has 138 valence electrons. The molecule has 0 bridgehead atoms. The van der Waals surface area contributed by atoms with Crippen molar-refractivity contribution >= 4 is 17.8 Å². The summed E-state index contributed by atoms with van der Waals surface area (Å²) in [5.74, 6) is -1.45. The van der Waals surface area contributed by atoms with E-state index in [4.69, 9.17) is 9.94 Å². The minimum atomic E-state index is -0.734. The molecule has 0 saturated heterocycles. The molecule has 0 heterocycles. The standard InChI is InChI=1S/C16H29N3O5/c1-10(2)13(16(22)24-3)18-15(21)14(17-9-12(20)19-23)11-7-5-4-6-8-11/h10-11,13-14,17,23H,4-9H2,1-3H3,(H,18,21)(H,19,20). The van der Waals surface area contributed by atoms with E-state index in [1.807, 2.05) is 13.8 Å². The van der Waals surface area contributed by atoms with Gasteiger partial charge in [0.25, 0.3) is 5.91 Å². The molecule has 2 amide bonds. The summed E-state index contributed by atoms with van der Waals surface area (Å²) in [6.07, 6.45) is 4.98. The molecule has 0 radical (unpaired) electrons. The average Bonchev–Trinajstić information content (AvgIpc) is 2.59. The molecule has 0 aromatic carbocycles. The lowest BCUT2D eigenvalue weighted by atomic mass is 9.83. The van der Waals surface area contributed by atoms with Crippen molar-refractivity contribution in [3.8, 4) is 0 Å². The van der Waals surface area contributed by atoms with Gasteiger partial charge in [-0.05, 0) is 24.7 Å². The molecule has 1 aliphatic carbocycles. The number of amides is 2. The number of hydroxylamine groups is 1. The quantitative estimate of drug-likeness (QED) is 0.287. The van der Waals surface area contributed by atoms with Crippen LogP contribution in [-0.4, -0.2) is 48.7 Å². The maximum atomic E-state index is 12.7. The van der Waals surface area contributed by atoms with Crippen LogP contribution in [0.5, 0.6) is 0 Å². The number of hydrogen-bond donors (Lipinski definition) is 4. The van der Waals surface area contributed by atoms with Crippen molar-refractivity contribution in [3.63, 3.8) is 0 Å². The smallest absolute Gasteiger partial charge is 0.328 e. The van der Waals surface area contributed by atoms with Gasteiger partial charge in [0.1, 0.15) is 6.04 Å². The molecule has 0 aromatic heterocycles. The van der Waals surface area contributed by atoms with Gasteiger partial charge in [0, 0.05) is 0 Å². The van der Waals surface area contributed by atoms with Gasteiger partial charge in [-0.2, -0.15) is 0 Å². The molecule has 2 atom stereocenters. The number of rotatable bonds is 8. The second-order valence-electron chi connectivity index (χ2n) is 6.55. The monoisotopic (exact) mass is 343 g/mol. The Hall–Kier alpha value is -1.67. The molecule has 8 nitrogen and oxygen atoms in total. The van der Waals surface area contributed by atoms with Gasteiger partial charge < -0.3 is 10.1 Å². The van der Waals surface area contributed by atoms with Gasteiger partial charge in [-0.15, -0.1) is 0 Å². The van der Waals surface area contributed by atoms with Crippen molar-refractivity contribution in [2.75, 3.05) is 13.7 Å². The topological polar surface area (TPSA) is 117 Å². The van der Waals surface area contributed by atoms with E-state index < -0.39 is 24.0 Å². The first-order valence-corrected chi connectivity index (χ1v) is 8.45. The number of nitrogens with one attached hydrogen (secondary N) is 3. The lowest BCUT2D eigenvalue weighted by Gasteiger charge is -2.31. The second-order valence-corrected chi connectivity index (χ2v) is 6.55. The predicted molar refractivity (Wildman–Crippen MR) is 87.1 cm³/mol. The SMILES string of the molecule is COC(=O)C(NC(=O)C(NCC(=O)NO)C1CCCCC1)C(C)C. The average molecular weight is 343 g/mol. The molecule has 0 aliphatic heterocycles. The van der Waals surface area contributed by atoms with E-state index >= 15 is 0 Å². The maximum Gasteiger partial charge on any atom is 0.328 e. The van der Waals surface area contributed by atoms with Gasteiger partial charge in [0.15, 0.2) is 0 Å². The van der Waals surface area contributed by atoms with Gasteiger partial charge >= 0.3 is 5.97 Å². The molecule has 1 fully saturated rings. The Morgan fingerprint density at radius 2 is 1.79 bits per heavy atom. The lowest BCUT2D eigenvalue weighted by Crippen LogP contribution is -2.56. The van der Waals surface area contributed by atoms with Crippen LogP contribution in [0.2, 0.25) is 0 Å². The highest BCUT2D eigenvalue weighted by Crippen LogP contribution is 2.26. The molecule has 0 spiro atoms. The Labute approximate surface area is 142 Å². The molecule has 0 aromatic rings. The second kappa shape index (κ2) is 10.2. The summed E-state index contributed by atoms with van der Waals surface area (Å²) in [5, 5.41) is 14.3. The first-order valence-electron chi connectivity index (χ1n) is 8.45. The summed E-state index contributed by atoms with van der Waals surface area (Å²) in [6, 6.07) is -1.32. The molecule has 1 rings (SSSR count). The van der Waals surface area contributed by atoms with Crippen LogP contribution in [0.4, 0.5) is 0 Å². The van der Waals surface area contributed by atoms with Crippen LogP contribution in [0.1, 0.15) is 46.0 Å². The van der Waals surface area contributed by atoms with Crippen LogP contribution in [0, 0.1) is 11.8 Å². The molecular weight excluding hydrogens is 314 g/mol. The Morgan fingerprint density at radius 1 is 1.17 bits per heavy atom. The minimum Gasteiger partial charge on any atom is -0.467 e. The van der Waals surface area contributed by atoms with Gasteiger partial charge in [-0.3, -0.25) is 20.1 Å². The molecular formula is C16H29N3O5. The highest BCUT2D eigenvalue weighted by atomic mass is 16.5. The maximum absolute atomic E-state index is 12.7. The van der Waals surface area contributed by atoms with Crippen LogP contribution in [0.15, 0.2) is 0 Å². The van der Waals surface area contributed by atoms with Crippen molar-refractivity contribution in [1.29, 1.82) is 0 Å². The largest absolute Gasteiger partial charge is 0.467 e. The third-order valence-electron chi connectivity index (χ3n) is 4.43. The molecule has 1 saturated carbocycles. The number of carbonyl (C=O) groups is 3. The van der Waals surface area contributed by atoms with Gasteiger partial charge in [0.2, 0.25) is 5.91 Å². The number of hydrogen-bond acceptors (Lipinski definition) is 6. The Kier molecular flexibility index (Phi) is 8.70. The van der Waals surface area contributed by atoms with Crippen molar-refractivity contribution < 1.29 is 24.3 Å². The summed E-state index contributed by atoms with van der Waals surface area (Å²) >= 11 is 0. The molecule has 4 N–H and O–H groups in total. The molecule has 1 aliphatic rings. The third kappa shape index (κ3) is 6.09. The normalized spacial score (nSPS) is 17.9. The van der Waals surface area contributed by atoms with Gasteiger partial charge in [-0.25, -0.2) is 10.3 Å². The van der Waals surface area contributed by atoms with Crippen LogP contribution >= 0.6 is 0 Å². The highest BCUT2D eigenvalue weighted by Gasteiger charge is 2.33. The Bertz CT molecular complexity index is 435. The van der Waals surface area contributed by atoms with Crippen molar-refractivity contribution in [1.82, 2.24) is 16.1 Å². The minimum absolute atomic E-state index is 0.0932. The van der Waals surface area contributed by atoms with Gasteiger partial charge in [0.05, 0.1) is 19.7 Å². The third-order valence-corrected chi connectivity index (χ3v) is 4.43. The van der Waals surface area contributed by atoms with E-state index in [1.165, 1.54) is 7.11 Å². The van der Waals surface area contributed by atoms with E-state index in [9.17, 15) is 14.4 Å². The predicted octanol–water partition coefficient (Wildman–Crippen LogP) is 0.344. The zero-order valence-corrected chi connectivity index (χ0v) is 14.6. The number of carbonyl (C=O) groups excluding carboxylic acids is 3. The summed E-state index contributed by atoms with van der Waals surface area (Å²) in [4.78, 5) is 35.8. The van der Waals surface area contributed by atoms with Gasteiger partial charge in [-0.1, -0.05) is 33.1 Å². The number of esters is 1. The molecule has 24 heavy (non-hydrogen) atoms.